The Labute approximate surface area is 500 Å². The van der Waals surface area contributed by atoms with E-state index in [9.17, 15) is 18.9 Å². The van der Waals surface area contributed by atoms with E-state index in [1.165, 1.54) is 308 Å². The smallest absolute Gasteiger partial charge is 0.756 e. The standard InChI is InChI=1S/2C32H67O4P.Ca/c2*1-3-5-7-9-11-13-15-17-19-21-23-25-27-29-31-35-37(33,34)36-32-30-28-26-24-22-20-18-16-14-12-10-8-6-4-2;/h2*3-32H2,1-2H3,(H,33,34);/q;;+2/p-2. The minimum atomic E-state index is -4.12. The van der Waals surface area contributed by atoms with Crippen molar-refractivity contribution >= 4 is 53.4 Å². The molecule has 0 N–H and O–H groups in total. The van der Waals surface area contributed by atoms with Crippen LogP contribution in [0.4, 0.5) is 0 Å². The second kappa shape index (κ2) is 69.7. The molecule has 0 unspecified atom stereocenters. The second-order valence-electron chi connectivity index (χ2n) is 22.6. The Kier molecular flexibility index (Phi) is 75.0. The quantitative estimate of drug-likeness (QED) is 0.0336. The van der Waals surface area contributed by atoms with Crippen LogP contribution in [-0.4, -0.2) is 64.2 Å². The Balaban J connectivity index is -0.00000136. The Morgan fingerprint density at radius 2 is 0.293 bits per heavy atom. The molecule has 0 saturated carbocycles. The van der Waals surface area contributed by atoms with Gasteiger partial charge < -0.3 is 27.9 Å². The molecule has 0 aromatic heterocycles. The van der Waals surface area contributed by atoms with Crippen molar-refractivity contribution in [3.63, 3.8) is 0 Å². The predicted octanol–water partition coefficient (Wildman–Crippen LogP) is 22.5. The third kappa shape index (κ3) is 75.5. The van der Waals surface area contributed by atoms with E-state index in [1.54, 1.807) is 0 Å². The second-order valence-corrected chi connectivity index (χ2v) is 25.4. The van der Waals surface area contributed by atoms with Crippen molar-refractivity contribution in [2.45, 2.75) is 387 Å². The molecular formula is C64H132CaO8P2. The minimum Gasteiger partial charge on any atom is -0.756 e. The van der Waals surface area contributed by atoms with Crippen LogP contribution >= 0.6 is 15.6 Å². The Morgan fingerprint density at radius 3 is 0.400 bits per heavy atom. The van der Waals surface area contributed by atoms with Crippen molar-refractivity contribution in [3.8, 4) is 0 Å². The molecule has 0 rings (SSSR count). The van der Waals surface area contributed by atoms with E-state index in [0.717, 1.165) is 51.4 Å². The van der Waals surface area contributed by atoms with E-state index < -0.39 is 15.6 Å². The third-order valence-electron chi connectivity index (χ3n) is 15.0. The van der Waals surface area contributed by atoms with Crippen LogP contribution in [0.2, 0.25) is 0 Å². The first-order valence-corrected chi connectivity index (χ1v) is 36.4. The van der Waals surface area contributed by atoms with Crippen LogP contribution in [0.25, 0.3) is 0 Å². The zero-order valence-electron chi connectivity index (χ0n) is 51.3. The van der Waals surface area contributed by atoms with Gasteiger partial charge in [-0.15, -0.1) is 0 Å². The van der Waals surface area contributed by atoms with Gasteiger partial charge in [-0.05, 0) is 25.7 Å². The molecule has 0 atom stereocenters. The Bertz CT molecular complexity index is 959. The summed E-state index contributed by atoms with van der Waals surface area (Å²) < 4.78 is 43.9. The van der Waals surface area contributed by atoms with Crippen molar-refractivity contribution < 1.29 is 37.0 Å². The Hall–Kier alpha value is 1.48. The van der Waals surface area contributed by atoms with Gasteiger partial charge in [-0.3, -0.25) is 9.13 Å². The normalized spacial score (nSPS) is 11.8. The van der Waals surface area contributed by atoms with Crippen LogP contribution in [0.1, 0.15) is 387 Å². The molecule has 0 aromatic rings. The van der Waals surface area contributed by atoms with E-state index >= 15 is 0 Å². The number of hydrogen-bond donors (Lipinski definition) is 0. The maximum absolute atomic E-state index is 11.9. The molecule has 0 radical (unpaired) electrons. The van der Waals surface area contributed by atoms with Gasteiger partial charge in [-0.2, -0.15) is 0 Å². The van der Waals surface area contributed by atoms with E-state index in [2.05, 4.69) is 27.7 Å². The van der Waals surface area contributed by atoms with Gasteiger partial charge in [0.2, 0.25) is 0 Å². The summed E-state index contributed by atoms with van der Waals surface area (Å²) in [4.78, 5) is 23.8. The van der Waals surface area contributed by atoms with Crippen molar-refractivity contribution in [1.29, 1.82) is 0 Å². The van der Waals surface area contributed by atoms with Crippen molar-refractivity contribution in [3.05, 3.63) is 0 Å². The molecule has 448 valence electrons. The molecular weight excluding hydrogens is 999 g/mol. The summed E-state index contributed by atoms with van der Waals surface area (Å²) in [5.41, 5.74) is 0. The number of phosphoric acid groups is 2. The van der Waals surface area contributed by atoms with Gasteiger partial charge in [0.05, 0.1) is 26.4 Å². The van der Waals surface area contributed by atoms with Crippen LogP contribution in [0.5, 0.6) is 0 Å². The third-order valence-corrected chi connectivity index (χ3v) is 17.0. The van der Waals surface area contributed by atoms with E-state index in [4.69, 9.17) is 18.1 Å². The fourth-order valence-electron chi connectivity index (χ4n) is 9.97. The molecule has 0 spiro atoms. The van der Waals surface area contributed by atoms with E-state index in [1.807, 2.05) is 0 Å². The number of phosphoric ester groups is 2. The average molecular weight is 1130 g/mol. The summed E-state index contributed by atoms with van der Waals surface area (Å²) in [6, 6.07) is 0. The van der Waals surface area contributed by atoms with Crippen LogP contribution in [0.3, 0.4) is 0 Å². The molecule has 8 nitrogen and oxygen atoms in total. The fourth-order valence-corrected chi connectivity index (χ4v) is 11.5. The molecule has 0 bridgehead atoms. The van der Waals surface area contributed by atoms with Crippen molar-refractivity contribution in [1.82, 2.24) is 0 Å². The predicted molar refractivity (Wildman–Crippen MR) is 326 cm³/mol. The van der Waals surface area contributed by atoms with Gasteiger partial charge in [0.1, 0.15) is 0 Å². The molecule has 0 saturated heterocycles. The first kappa shape index (κ1) is 80.7. The summed E-state index contributed by atoms with van der Waals surface area (Å²) in [5, 5.41) is 0. The van der Waals surface area contributed by atoms with Crippen molar-refractivity contribution in [2.24, 2.45) is 0 Å². The largest absolute Gasteiger partial charge is 2.00 e. The van der Waals surface area contributed by atoms with E-state index in [-0.39, 0.29) is 64.2 Å². The molecule has 0 aliphatic rings. The summed E-state index contributed by atoms with van der Waals surface area (Å²) in [7, 11) is -8.23. The zero-order valence-corrected chi connectivity index (χ0v) is 55.3. The maximum atomic E-state index is 11.9. The molecule has 0 aliphatic carbocycles. The Morgan fingerprint density at radius 1 is 0.200 bits per heavy atom. The summed E-state index contributed by atoms with van der Waals surface area (Å²) in [6.45, 7) is 10.1. The number of rotatable bonds is 64. The molecule has 0 fully saturated rings. The van der Waals surface area contributed by atoms with Gasteiger partial charge in [0.25, 0.3) is 15.6 Å². The van der Waals surface area contributed by atoms with Crippen molar-refractivity contribution in [2.75, 3.05) is 26.4 Å². The maximum Gasteiger partial charge on any atom is 2.00 e. The number of hydrogen-bond acceptors (Lipinski definition) is 8. The van der Waals surface area contributed by atoms with Gasteiger partial charge in [0, 0.05) is 0 Å². The molecule has 0 aromatic carbocycles. The van der Waals surface area contributed by atoms with Gasteiger partial charge >= 0.3 is 37.7 Å². The molecule has 0 amide bonds. The van der Waals surface area contributed by atoms with Gasteiger partial charge in [-0.1, -0.05) is 362 Å². The van der Waals surface area contributed by atoms with Crippen LogP contribution < -0.4 is 9.79 Å². The van der Waals surface area contributed by atoms with Gasteiger partial charge in [-0.25, -0.2) is 0 Å². The zero-order chi connectivity index (χ0) is 54.3. The van der Waals surface area contributed by atoms with E-state index in [0.29, 0.717) is 0 Å². The molecule has 75 heavy (non-hydrogen) atoms. The molecule has 0 aliphatic heterocycles. The van der Waals surface area contributed by atoms with Gasteiger partial charge in [0.15, 0.2) is 0 Å². The number of unbranched alkanes of at least 4 members (excludes halogenated alkanes) is 52. The van der Waals surface area contributed by atoms with Crippen LogP contribution in [-0.2, 0) is 27.2 Å². The fraction of sp³-hybridized carbons (Fsp3) is 1.00. The van der Waals surface area contributed by atoms with Crippen LogP contribution in [0.15, 0.2) is 0 Å². The molecule has 0 heterocycles. The molecule has 11 heteroatoms. The first-order chi connectivity index (χ1) is 36.2. The van der Waals surface area contributed by atoms with Crippen LogP contribution in [0, 0.1) is 0 Å². The summed E-state index contributed by atoms with van der Waals surface area (Å²) in [6.07, 6.45) is 72.1. The average Bonchev–Trinajstić information content (AvgIpc) is 3.38. The first-order valence-electron chi connectivity index (χ1n) is 33.4. The monoisotopic (exact) mass is 1130 g/mol. The summed E-state index contributed by atoms with van der Waals surface area (Å²) >= 11 is 0. The summed E-state index contributed by atoms with van der Waals surface area (Å²) in [5.74, 6) is 0. The topological polar surface area (TPSA) is 117 Å². The SMILES string of the molecule is CCCCCCCCCCCCCCCCOP(=O)([O-])OCCCCCCCCCCCCCCCC.CCCCCCCCCCCCCCCCOP(=O)([O-])OCCCCCCCCCCCCCCCC.[Ca+2]. The minimum absolute atomic E-state index is 0.